The van der Waals surface area contributed by atoms with Gasteiger partial charge in [0.05, 0.1) is 5.69 Å². The summed E-state index contributed by atoms with van der Waals surface area (Å²) in [5.74, 6) is -0.787. The molecule has 0 aliphatic carbocycles. The molecule has 8 nitrogen and oxygen atoms in total. The summed E-state index contributed by atoms with van der Waals surface area (Å²) < 4.78 is 25.0. The molecule has 0 aliphatic rings. The summed E-state index contributed by atoms with van der Waals surface area (Å²) in [6, 6.07) is 15.9. The first-order valence-corrected chi connectivity index (χ1v) is 9.97. The molecule has 32 heavy (non-hydrogen) atoms. The Kier molecular flexibility index (Phi) is 6.77. The number of carbonyl (C=O) groups is 1. The number of halogens is 1. The Morgan fingerprint density at radius 3 is 2.53 bits per heavy atom. The Hall–Kier alpha value is -3.88. The van der Waals surface area contributed by atoms with E-state index in [1.54, 1.807) is 32.9 Å². The number of alkyl carbamates (subject to hydrolysis) is 1. The number of amides is 1. The minimum Gasteiger partial charge on any atom is -0.444 e. The van der Waals surface area contributed by atoms with Crippen LogP contribution in [0.2, 0.25) is 0 Å². The number of ether oxygens (including phenoxy) is 1. The average molecular weight is 440 g/mol. The van der Waals surface area contributed by atoms with Gasteiger partial charge < -0.3 is 14.5 Å². The lowest BCUT2D eigenvalue weighted by atomic mass is 9.95. The van der Waals surface area contributed by atoms with Gasteiger partial charge in [-0.25, -0.2) is 9.18 Å². The molecular weight excluding hydrogens is 415 g/mol. The van der Waals surface area contributed by atoms with Crippen LogP contribution in [-0.2, 0) is 4.74 Å². The van der Waals surface area contributed by atoms with Crippen LogP contribution in [-0.4, -0.2) is 28.0 Å². The Bertz CT molecular complexity index is 1110. The summed E-state index contributed by atoms with van der Waals surface area (Å²) in [4.78, 5) is 11.8. The third-order valence-corrected chi connectivity index (χ3v) is 4.51. The van der Waals surface area contributed by atoms with E-state index in [0.29, 0.717) is 16.8 Å². The molecule has 168 valence electrons. The highest BCUT2D eigenvalue weighted by Gasteiger charge is 2.20. The Morgan fingerprint density at radius 2 is 1.91 bits per heavy atom. The zero-order valence-electron chi connectivity index (χ0n) is 18.2. The monoisotopic (exact) mass is 440 g/mol. The molecular formula is C23H25FN4O4. The highest BCUT2D eigenvalue weighted by Crippen LogP contribution is 2.30. The van der Waals surface area contributed by atoms with Gasteiger partial charge in [-0.05, 0) is 38.0 Å². The van der Waals surface area contributed by atoms with Crippen LogP contribution in [0, 0.1) is 5.82 Å². The lowest BCUT2D eigenvalue weighted by molar-refractivity contribution is 0.0561. The van der Waals surface area contributed by atoms with Crippen molar-refractivity contribution in [2.24, 2.45) is 5.16 Å². The van der Waals surface area contributed by atoms with Gasteiger partial charge >= 0.3 is 6.09 Å². The van der Waals surface area contributed by atoms with Crippen LogP contribution in [0.1, 0.15) is 44.9 Å². The molecule has 3 aromatic rings. The number of guanidine groups is 1. The zero-order valence-corrected chi connectivity index (χ0v) is 18.2. The SMILES string of the molecule is CC(c1ccc(-c2ccccc2)c(F)c1)c1cc(N/C(=N/O)NC(=O)OC(C)(C)C)on1. The minimum atomic E-state index is -0.806. The molecule has 2 aromatic carbocycles. The normalized spacial score (nSPS) is 12.8. The Morgan fingerprint density at radius 1 is 1.19 bits per heavy atom. The largest absolute Gasteiger partial charge is 0.444 e. The van der Waals surface area contributed by atoms with Crippen molar-refractivity contribution in [3.05, 3.63) is 71.7 Å². The maximum absolute atomic E-state index is 14.7. The number of nitrogens with one attached hydrogen (secondary N) is 2. The van der Waals surface area contributed by atoms with E-state index >= 15 is 0 Å². The predicted octanol–water partition coefficient (Wildman–Crippen LogP) is 5.31. The highest BCUT2D eigenvalue weighted by atomic mass is 19.1. The molecule has 0 fully saturated rings. The van der Waals surface area contributed by atoms with Gasteiger partial charge in [-0.3, -0.25) is 10.6 Å². The molecule has 1 unspecified atom stereocenters. The van der Waals surface area contributed by atoms with Gasteiger partial charge in [-0.2, -0.15) is 0 Å². The van der Waals surface area contributed by atoms with Gasteiger partial charge in [0.15, 0.2) is 0 Å². The topological polar surface area (TPSA) is 109 Å². The van der Waals surface area contributed by atoms with E-state index in [4.69, 9.17) is 14.5 Å². The lowest BCUT2D eigenvalue weighted by Crippen LogP contribution is -2.39. The fourth-order valence-corrected chi connectivity index (χ4v) is 2.97. The van der Waals surface area contributed by atoms with Crippen LogP contribution < -0.4 is 10.6 Å². The van der Waals surface area contributed by atoms with Crippen molar-refractivity contribution in [3.8, 4) is 11.1 Å². The number of hydrogen-bond acceptors (Lipinski definition) is 6. The van der Waals surface area contributed by atoms with Crippen molar-refractivity contribution in [3.63, 3.8) is 0 Å². The maximum atomic E-state index is 14.7. The molecule has 3 rings (SSSR count). The second-order valence-electron chi connectivity index (χ2n) is 8.14. The first-order chi connectivity index (χ1) is 15.2. The molecule has 0 saturated carbocycles. The fraction of sp³-hybridized carbons (Fsp3) is 0.261. The second-order valence-corrected chi connectivity index (χ2v) is 8.14. The van der Waals surface area contributed by atoms with E-state index in [1.807, 2.05) is 43.3 Å². The second kappa shape index (κ2) is 9.51. The maximum Gasteiger partial charge on any atom is 0.414 e. The smallest absolute Gasteiger partial charge is 0.414 e. The third kappa shape index (κ3) is 5.84. The molecule has 9 heteroatoms. The molecule has 0 radical (unpaired) electrons. The average Bonchev–Trinajstić information content (AvgIpc) is 3.20. The number of hydrogen-bond donors (Lipinski definition) is 3. The van der Waals surface area contributed by atoms with E-state index in [2.05, 4.69) is 20.9 Å². The summed E-state index contributed by atoms with van der Waals surface area (Å²) in [6.07, 6.45) is -0.806. The van der Waals surface area contributed by atoms with Crippen molar-refractivity contribution in [1.82, 2.24) is 10.5 Å². The molecule has 1 amide bonds. The first-order valence-electron chi connectivity index (χ1n) is 9.97. The van der Waals surface area contributed by atoms with Crippen LogP contribution in [0.5, 0.6) is 0 Å². The van der Waals surface area contributed by atoms with Crippen molar-refractivity contribution in [2.75, 3.05) is 5.32 Å². The third-order valence-electron chi connectivity index (χ3n) is 4.51. The van der Waals surface area contributed by atoms with Gasteiger partial charge in [0.25, 0.3) is 0 Å². The minimum absolute atomic E-state index is 0.122. The molecule has 3 N–H and O–H groups in total. The standard InChI is InChI=1S/C23H25FN4O4/c1-14(16-10-11-17(18(24)12-16)15-8-6-5-7-9-15)19-13-20(32-28-19)25-21(27-30)26-22(29)31-23(2,3)4/h5-14,30H,1-4H3,(H2,25,26,27,29). The molecule has 0 spiro atoms. The van der Waals surface area contributed by atoms with Crippen LogP contribution in [0.15, 0.2) is 64.3 Å². The number of anilines is 1. The number of carbonyl (C=O) groups excluding carboxylic acids is 1. The Labute approximate surface area is 185 Å². The zero-order chi connectivity index (χ0) is 23.3. The molecule has 1 aromatic heterocycles. The van der Waals surface area contributed by atoms with Gasteiger partial charge in [0, 0.05) is 17.5 Å². The van der Waals surface area contributed by atoms with E-state index in [0.717, 1.165) is 5.56 Å². The summed E-state index contributed by atoms with van der Waals surface area (Å²) in [7, 11) is 0. The van der Waals surface area contributed by atoms with Crippen molar-refractivity contribution >= 4 is 17.9 Å². The van der Waals surface area contributed by atoms with Crippen molar-refractivity contribution < 1.29 is 23.7 Å². The molecule has 0 saturated heterocycles. The highest BCUT2D eigenvalue weighted by molar-refractivity contribution is 6.01. The van der Waals surface area contributed by atoms with Crippen molar-refractivity contribution in [2.45, 2.75) is 39.2 Å². The summed E-state index contributed by atoms with van der Waals surface area (Å²) in [5, 5.41) is 21.0. The van der Waals surface area contributed by atoms with Crippen LogP contribution in [0.3, 0.4) is 0 Å². The Balaban J connectivity index is 1.69. The van der Waals surface area contributed by atoms with Crippen LogP contribution in [0.4, 0.5) is 15.1 Å². The predicted molar refractivity (Wildman–Crippen MR) is 118 cm³/mol. The van der Waals surface area contributed by atoms with Crippen LogP contribution in [0.25, 0.3) is 11.1 Å². The van der Waals surface area contributed by atoms with Gasteiger partial charge in [-0.15, -0.1) is 0 Å². The molecule has 0 bridgehead atoms. The van der Waals surface area contributed by atoms with E-state index in [1.165, 1.54) is 6.07 Å². The number of rotatable bonds is 4. The fourth-order valence-electron chi connectivity index (χ4n) is 2.97. The van der Waals surface area contributed by atoms with Crippen LogP contribution >= 0.6 is 0 Å². The van der Waals surface area contributed by atoms with Gasteiger partial charge in [0.1, 0.15) is 11.4 Å². The van der Waals surface area contributed by atoms with E-state index in [9.17, 15) is 9.18 Å². The number of benzene rings is 2. The first kappa shape index (κ1) is 22.8. The van der Waals surface area contributed by atoms with Gasteiger partial charge in [-0.1, -0.05) is 59.7 Å². The van der Waals surface area contributed by atoms with Crippen molar-refractivity contribution in [1.29, 1.82) is 0 Å². The molecule has 1 atom stereocenters. The summed E-state index contributed by atoms with van der Waals surface area (Å²) in [6.45, 7) is 6.97. The number of aromatic nitrogens is 1. The summed E-state index contributed by atoms with van der Waals surface area (Å²) in [5.41, 5.74) is 1.83. The number of oxime groups is 1. The van der Waals surface area contributed by atoms with E-state index in [-0.39, 0.29) is 23.6 Å². The molecule has 1 heterocycles. The number of nitrogens with zero attached hydrogens (tertiary/aromatic N) is 2. The van der Waals surface area contributed by atoms with Gasteiger partial charge in [0.2, 0.25) is 11.8 Å². The lowest BCUT2D eigenvalue weighted by Gasteiger charge is -2.19. The molecule has 0 aliphatic heterocycles. The quantitative estimate of drug-likeness (QED) is 0.219. The van der Waals surface area contributed by atoms with E-state index < -0.39 is 11.7 Å². The summed E-state index contributed by atoms with van der Waals surface area (Å²) >= 11 is 0.